The third-order valence-electron chi connectivity index (χ3n) is 21.8. The van der Waals surface area contributed by atoms with E-state index < -0.39 is 44.1 Å². The molecule has 0 N–H and O–H groups in total. The molecule has 12 aromatic heterocycles. The van der Waals surface area contributed by atoms with Gasteiger partial charge in [0.2, 0.25) is 29.2 Å². The average Bonchev–Trinajstić information content (AvgIpc) is 1.64. The van der Waals surface area contributed by atoms with E-state index in [1.165, 1.54) is 14.7 Å². The minimum absolute atomic E-state index is 0. The van der Waals surface area contributed by atoms with Crippen molar-refractivity contribution < 1.29 is 57.6 Å². The van der Waals surface area contributed by atoms with E-state index in [2.05, 4.69) is 73.7 Å². The molecule has 3 saturated heterocycles. The van der Waals surface area contributed by atoms with Crippen LogP contribution in [-0.4, -0.2) is 170 Å². The number of nitrogens with zero attached hydrogens (tertiary/aromatic N) is 19. The molecule has 4 aliphatic rings. The molecule has 0 radical (unpaired) electrons. The highest BCUT2D eigenvalue weighted by atomic mass is 35.5. The first-order valence-corrected chi connectivity index (χ1v) is 45.4. The van der Waals surface area contributed by atoms with Gasteiger partial charge >= 0.3 is 0 Å². The number of rotatable bonds is 16. The molecule has 4 fully saturated rings. The second-order valence-corrected chi connectivity index (χ2v) is 37.0. The fraction of sp³-hybridized carbons (Fsp3) is 0.290. The van der Waals surface area contributed by atoms with Gasteiger partial charge in [0, 0.05) is 158 Å². The molecule has 2 unspecified atom stereocenters. The van der Waals surface area contributed by atoms with Gasteiger partial charge in [-0.25, -0.2) is 19.9 Å². The molecular weight excluding hydrogens is 1970 g/mol. The number of aryl methyl sites for hydroxylation is 4. The number of benzene rings is 4. The number of Topliss-reactive ketones (excluding diaryl/α,β-unsaturated/α-hetero) is 1. The molecule has 4 aromatic carbocycles. The van der Waals surface area contributed by atoms with Crippen molar-refractivity contribution in [3.63, 3.8) is 0 Å². The molecule has 0 spiro atoms. The van der Waals surface area contributed by atoms with Crippen molar-refractivity contribution in [2.24, 2.45) is 11.8 Å². The minimum Gasteiger partial charge on any atom is -0.489 e. The first-order chi connectivity index (χ1) is 66.6. The molecule has 3 aliphatic heterocycles. The normalized spacial score (nSPS) is 19.7. The number of pyridine rings is 4. The lowest BCUT2D eigenvalue weighted by atomic mass is 9.87. The quantitative estimate of drug-likeness (QED) is 0.0867. The topological polar surface area (TPSA) is 306 Å². The molecule has 41 heteroatoms. The number of carbonyl (C=O) groups is 2. The van der Waals surface area contributed by atoms with E-state index in [-0.39, 0.29) is 113 Å². The summed E-state index contributed by atoms with van der Waals surface area (Å²) < 4.78 is 116. The van der Waals surface area contributed by atoms with E-state index in [0.717, 1.165) is 22.3 Å². The van der Waals surface area contributed by atoms with Crippen molar-refractivity contribution >= 4 is 173 Å². The SMILES string of the molecule is C.[2H]C([2H])([2H])N1C[C@@H](Oc2cc(Cl)c(-c3noc(-c4cn5cc(C)cc(Cl)c5n4)n3)cc2Cl)CCC1=C.[2H]C([2H])([2H])N1C[C@H](Oc2cc(Cl)c(-c3noc(-c4cn5cc(C)cc(Cl)c5n4)n3)cc2Cl)CCC1=C.[2H]C1(C)C[C@@H](Oc2cc(Cl)c(-c3noc(-c4cn5cc(C)cc(Cl)c5n4)n3)cc2Cl)CCC1=O.[2H]C1(C)C[C@@H](Oc2cc(Cl)c(-c3noc(-c4cn5cc(C)cc(Cl)c5n4)n3)cc2Cl)CN(C)C1=O. The highest BCUT2D eigenvalue weighted by molar-refractivity contribution is 6.39. The van der Waals surface area contributed by atoms with Crippen LogP contribution in [0.25, 0.3) is 114 Å². The van der Waals surface area contributed by atoms with E-state index in [9.17, 15) is 9.59 Å². The maximum Gasteiger partial charge on any atom is 0.278 e. The van der Waals surface area contributed by atoms with E-state index in [0.29, 0.717) is 192 Å². The number of imidazole rings is 4. The van der Waals surface area contributed by atoms with Gasteiger partial charge in [-0.15, -0.1) is 0 Å². The van der Waals surface area contributed by atoms with Crippen LogP contribution in [-0.2, 0) is 9.59 Å². The van der Waals surface area contributed by atoms with Gasteiger partial charge in [-0.05, 0) is 143 Å². The zero-order chi connectivity index (χ0) is 101. The lowest BCUT2D eigenvalue weighted by Crippen LogP contribution is -2.46. The zero-order valence-corrected chi connectivity index (χ0v) is 80.2. The Bertz CT molecular complexity index is 7410. The highest BCUT2D eigenvalue weighted by Gasteiger charge is 2.34. The van der Waals surface area contributed by atoms with Crippen LogP contribution in [0, 0.1) is 39.5 Å². The number of likely N-dealkylation sites (N-methyl/N-ethyl adjacent to an activating group) is 3. The van der Waals surface area contributed by atoms with Crippen molar-refractivity contribution in [1.29, 1.82) is 0 Å². The van der Waals surface area contributed by atoms with Crippen LogP contribution in [0.4, 0.5) is 0 Å². The number of fused-ring (bicyclic) bond motifs is 4. The highest BCUT2D eigenvalue weighted by Crippen LogP contribution is 2.45. The van der Waals surface area contributed by atoms with Crippen LogP contribution < -0.4 is 18.9 Å². The van der Waals surface area contributed by atoms with Crippen molar-refractivity contribution in [2.45, 2.75) is 125 Å². The van der Waals surface area contributed by atoms with Crippen LogP contribution in [0.15, 0.2) is 165 Å². The summed E-state index contributed by atoms with van der Waals surface area (Å²) in [5.41, 5.74) is 11.0. The van der Waals surface area contributed by atoms with Crippen LogP contribution in [0.2, 0.25) is 60.3 Å². The van der Waals surface area contributed by atoms with Crippen molar-refractivity contribution in [3.05, 3.63) is 229 Å². The summed E-state index contributed by atoms with van der Waals surface area (Å²) in [7, 11) is 1.65. The lowest BCUT2D eigenvalue weighted by molar-refractivity contribution is -0.139. The fourth-order valence-electron chi connectivity index (χ4n) is 15.2. The minimum atomic E-state index is -2.29. The maximum atomic E-state index is 12.2. The number of piperidine rings is 3. The summed E-state index contributed by atoms with van der Waals surface area (Å²) in [5.74, 6) is 0.375. The maximum absolute atomic E-state index is 12.2. The van der Waals surface area contributed by atoms with Crippen molar-refractivity contribution in [2.75, 3.05) is 40.6 Å². The standard InChI is InChI=1S/C23H20Cl3N5O3.2C23H20Cl3N5O2.C23H19Cl3N4O3.CH4/c1-11-4-17(26)21-27-18(10-31(21)8-11)22-28-20(29-34-22)14-6-16(25)19(7-15(14)24)33-13-5-12(2)23(32)30(3)9-13;2*1-12-6-18(26)22-27-19(11-31(22)9-12)23-28-21(29-33-23)15-7-17(25)20(8-16(15)24)32-14-5-4-13(2)30(3)10-14;1-11-5-17(26)22-27-18(10-30(22)9-11)23-28-21(29-33-23)14-7-16(25)20(8-15(14)24)32-13-3-4-19(31)12(2)6-13;/h4,6-8,10,12-13H,5,9H2,1-3H3;2*6-9,11,14H,2,4-5,10H2,1,3H3;5,7-10,12-13H,3-4,6H2,1-2H3;1H4/t12?,13-;2*14-;12?,13-;/m1100./s1/i12D;2*3D3;12D;. The number of hydrogen-bond acceptors (Lipinski definition) is 24. The van der Waals surface area contributed by atoms with Gasteiger partial charge in [0.15, 0.2) is 22.6 Å². The summed E-state index contributed by atoms with van der Waals surface area (Å²) in [5, 5.41) is 20.6. The van der Waals surface area contributed by atoms with Crippen LogP contribution in [0.5, 0.6) is 23.0 Å². The third kappa shape index (κ3) is 21.0. The molecule has 1 aliphatic carbocycles. The Balaban J connectivity index is 0.000000136. The summed E-state index contributed by atoms with van der Waals surface area (Å²) in [6.45, 7) is 14.7. The number of hydrogen-bond donors (Lipinski definition) is 0. The van der Waals surface area contributed by atoms with Gasteiger partial charge in [-0.1, -0.05) is 194 Å². The number of halogens is 12. The largest absolute Gasteiger partial charge is 0.489 e. The number of ketones is 1. The first kappa shape index (κ1) is 86.0. The molecule has 0 bridgehead atoms. The number of amides is 1. The molecule has 1 amide bonds. The monoisotopic (exact) mass is 2050 g/mol. The predicted molar refractivity (Wildman–Crippen MR) is 521 cm³/mol. The molecule has 6 atom stereocenters. The van der Waals surface area contributed by atoms with Crippen LogP contribution >= 0.6 is 139 Å². The van der Waals surface area contributed by atoms with E-state index in [4.69, 9.17) is 187 Å². The molecule has 16 aromatic rings. The molecule has 29 nitrogen and oxygen atoms in total. The second kappa shape index (κ2) is 40.2. The van der Waals surface area contributed by atoms with Gasteiger partial charge in [-0.3, -0.25) is 9.59 Å². The summed E-state index contributed by atoms with van der Waals surface area (Å²) in [6.07, 6.45) is 16.7. The number of aromatic nitrogens is 16. The fourth-order valence-corrected chi connectivity index (χ4v) is 18.2. The Kier molecular flexibility index (Phi) is 25.8. The summed E-state index contributed by atoms with van der Waals surface area (Å²) >= 11 is 77.2. The molecule has 1 saturated carbocycles. The molecule has 694 valence electrons. The van der Waals surface area contributed by atoms with Crippen LogP contribution in [0.1, 0.15) is 106 Å². The summed E-state index contributed by atoms with van der Waals surface area (Å²) in [4.78, 5) is 63.8. The van der Waals surface area contributed by atoms with Gasteiger partial charge in [-0.2, -0.15) is 19.9 Å². The lowest BCUT2D eigenvalue weighted by Gasteiger charge is -2.33. The molecule has 15 heterocycles. The van der Waals surface area contributed by atoms with Gasteiger partial charge in [0.25, 0.3) is 23.6 Å². The molecule has 20 rings (SSSR count). The number of allylic oxidation sites excluding steroid dienone is 2. The Labute approximate surface area is 839 Å². The second-order valence-electron chi connectivity index (χ2n) is 32.1. The molecule has 134 heavy (non-hydrogen) atoms. The van der Waals surface area contributed by atoms with E-state index in [1.54, 1.807) is 112 Å². The van der Waals surface area contributed by atoms with Gasteiger partial charge < -0.3 is 69.3 Å². The number of ether oxygens (including phenoxy) is 4. The van der Waals surface area contributed by atoms with E-state index >= 15 is 0 Å². The first-order valence-electron chi connectivity index (χ1n) is 44.9. The van der Waals surface area contributed by atoms with Crippen molar-refractivity contribution in [1.82, 2.24) is 92.8 Å². The smallest absolute Gasteiger partial charge is 0.278 e. The Hall–Kier alpha value is -10.9. The average molecular weight is 2060 g/mol. The molecular formula is C93H83Cl12N19O10. The van der Waals surface area contributed by atoms with Crippen molar-refractivity contribution in [3.8, 4) is 115 Å². The Morgan fingerprint density at radius 3 is 0.925 bits per heavy atom. The van der Waals surface area contributed by atoms with Crippen LogP contribution in [0.3, 0.4) is 0 Å². The Morgan fingerprint density at radius 1 is 0.358 bits per heavy atom. The van der Waals surface area contributed by atoms with Gasteiger partial charge in [0.1, 0.15) is 69.9 Å². The predicted octanol–water partition coefficient (Wildman–Crippen LogP) is 25.3. The van der Waals surface area contributed by atoms with Gasteiger partial charge in [0.05, 0.1) is 86.0 Å². The number of carbonyl (C=O) groups excluding carboxylic acids is 2. The summed E-state index contributed by atoms with van der Waals surface area (Å²) in [6, 6.07) is 19.9. The zero-order valence-electron chi connectivity index (χ0n) is 79.2. The Morgan fingerprint density at radius 2 is 0.634 bits per heavy atom. The third-order valence-corrected chi connectivity index (χ3v) is 25.4. The van der Waals surface area contributed by atoms with E-state index in [1.807, 2.05) is 76.7 Å². The number of likely N-dealkylation sites (tertiary alicyclic amines) is 3.